The van der Waals surface area contributed by atoms with Crippen molar-refractivity contribution in [3.63, 3.8) is 0 Å². The van der Waals surface area contributed by atoms with Gasteiger partial charge in [0.1, 0.15) is 17.4 Å². The molecule has 41 heavy (non-hydrogen) atoms. The number of imidazole rings is 1. The number of alkyl halides is 2. The van der Waals surface area contributed by atoms with Crippen LogP contribution in [0.2, 0.25) is 0 Å². The number of carbonyl (C=O) groups is 1. The second-order valence-corrected chi connectivity index (χ2v) is 10.6. The van der Waals surface area contributed by atoms with Gasteiger partial charge in [-0.2, -0.15) is 8.78 Å². The van der Waals surface area contributed by atoms with Crippen LogP contribution in [0.5, 0.6) is 5.75 Å². The van der Waals surface area contributed by atoms with Gasteiger partial charge in [-0.1, -0.05) is 6.07 Å². The van der Waals surface area contributed by atoms with E-state index in [0.29, 0.717) is 66.8 Å². The zero-order valence-electron chi connectivity index (χ0n) is 21.5. The number of ether oxygens (including phenoxy) is 3. The molecule has 6 heterocycles. The average Bonchev–Trinajstić information content (AvgIpc) is 3.43. The van der Waals surface area contributed by atoms with Crippen LogP contribution in [0.25, 0.3) is 22.2 Å². The van der Waals surface area contributed by atoms with E-state index in [0.717, 1.165) is 0 Å². The van der Waals surface area contributed by atoms with E-state index in [2.05, 4.69) is 25.2 Å². The molecule has 1 N–H and O–H groups in total. The van der Waals surface area contributed by atoms with Gasteiger partial charge in [-0.3, -0.25) is 4.79 Å². The lowest BCUT2D eigenvalue weighted by molar-refractivity contribution is -0.0507. The zero-order valence-corrected chi connectivity index (χ0v) is 21.5. The van der Waals surface area contributed by atoms with Gasteiger partial charge in [-0.25, -0.2) is 19.3 Å². The number of morpholine rings is 2. The number of benzene rings is 2. The van der Waals surface area contributed by atoms with E-state index in [1.807, 2.05) is 4.57 Å². The largest absolute Gasteiger partial charge is 0.434 e. The molecule has 4 aromatic rings. The van der Waals surface area contributed by atoms with Crippen molar-refractivity contribution in [3.8, 4) is 16.9 Å². The minimum absolute atomic E-state index is 0.0153. The van der Waals surface area contributed by atoms with E-state index >= 15 is 4.39 Å². The minimum atomic E-state index is -3.06. The maximum atomic E-state index is 15.5. The summed E-state index contributed by atoms with van der Waals surface area (Å²) in [6.07, 6.45) is 3.58. The summed E-state index contributed by atoms with van der Waals surface area (Å²) >= 11 is 0. The van der Waals surface area contributed by atoms with Crippen LogP contribution >= 0.6 is 0 Å². The van der Waals surface area contributed by atoms with Crippen LogP contribution in [0.4, 0.5) is 19.1 Å². The average molecular weight is 565 g/mol. The van der Waals surface area contributed by atoms with Crippen molar-refractivity contribution in [1.29, 1.82) is 0 Å². The second-order valence-electron chi connectivity index (χ2n) is 10.6. The molecule has 4 aliphatic heterocycles. The smallest absolute Gasteiger partial charge is 0.387 e. The molecule has 2 fully saturated rings. The normalized spacial score (nSPS) is 24.7. The molecule has 0 aliphatic carbocycles. The van der Waals surface area contributed by atoms with Gasteiger partial charge in [0.2, 0.25) is 5.95 Å². The summed E-state index contributed by atoms with van der Waals surface area (Å²) in [5.74, 6) is 0.0886. The molecule has 2 aromatic carbocycles. The highest BCUT2D eigenvalue weighted by Crippen LogP contribution is 2.48. The van der Waals surface area contributed by atoms with Crippen molar-refractivity contribution in [2.24, 2.45) is 0 Å². The highest BCUT2D eigenvalue weighted by molar-refractivity contribution is 5.98. The Labute approximate surface area is 231 Å². The molecule has 10 nitrogen and oxygen atoms in total. The molecule has 13 heteroatoms. The third kappa shape index (κ3) is 3.79. The van der Waals surface area contributed by atoms with Gasteiger partial charge in [-0.05, 0) is 24.6 Å². The second kappa shape index (κ2) is 9.14. The number of rotatable bonds is 4. The molecule has 2 saturated heterocycles. The summed E-state index contributed by atoms with van der Waals surface area (Å²) in [5, 5.41) is 2.94. The molecule has 2 atom stereocenters. The van der Waals surface area contributed by atoms with Gasteiger partial charge >= 0.3 is 6.61 Å². The van der Waals surface area contributed by atoms with E-state index in [4.69, 9.17) is 14.2 Å². The van der Waals surface area contributed by atoms with Gasteiger partial charge in [0, 0.05) is 40.7 Å². The summed E-state index contributed by atoms with van der Waals surface area (Å²) < 4.78 is 60.1. The Kier molecular flexibility index (Phi) is 5.48. The van der Waals surface area contributed by atoms with Crippen molar-refractivity contribution in [1.82, 2.24) is 24.8 Å². The van der Waals surface area contributed by atoms with Crippen LogP contribution < -0.4 is 15.0 Å². The molecular weight excluding hydrogens is 541 g/mol. The van der Waals surface area contributed by atoms with Gasteiger partial charge in [0.25, 0.3) is 5.91 Å². The van der Waals surface area contributed by atoms with E-state index < -0.39 is 30.4 Å². The Hall–Kier alpha value is -4.23. The number of halogens is 3. The lowest BCUT2D eigenvalue weighted by Crippen LogP contribution is -2.60. The quantitative estimate of drug-likeness (QED) is 0.401. The molecule has 4 bridgehead atoms. The van der Waals surface area contributed by atoms with Crippen LogP contribution in [0.3, 0.4) is 0 Å². The van der Waals surface area contributed by atoms with Crippen molar-refractivity contribution in [3.05, 3.63) is 65.5 Å². The number of nitrogens with one attached hydrogen (secondary N) is 1. The number of carbonyl (C=O) groups excluding carboxylic acids is 1. The van der Waals surface area contributed by atoms with E-state index in [9.17, 15) is 13.6 Å². The van der Waals surface area contributed by atoms with E-state index in [-0.39, 0.29) is 29.0 Å². The summed E-state index contributed by atoms with van der Waals surface area (Å²) in [5.41, 5.74) is 2.35. The lowest BCUT2D eigenvalue weighted by Gasteiger charge is -2.45. The van der Waals surface area contributed by atoms with E-state index in [1.54, 1.807) is 24.5 Å². The Morgan fingerprint density at radius 1 is 1.02 bits per heavy atom. The molecule has 210 valence electrons. The molecule has 4 aliphatic rings. The number of fused-ring (bicyclic) bond motifs is 11. The first kappa shape index (κ1) is 24.6. The van der Waals surface area contributed by atoms with Gasteiger partial charge in [0.05, 0.1) is 61.6 Å². The SMILES string of the molecule is O=C1N[C@@H]2C[C@H](c3c(OC(F)F)cccc31)n1c2nc2cc(F)c(-c3cnc(N4[C@H]5COC[C@@H]4COC5)nc3)cc21. The molecule has 0 radical (unpaired) electrons. The van der Waals surface area contributed by atoms with Crippen LogP contribution in [0.1, 0.15) is 40.3 Å². The molecule has 8 rings (SSSR count). The fourth-order valence-corrected chi connectivity index (χ4v) is 6.57. The van der Waals surface area contributed by atoms with Crippen LogP contribution in [-0.2, 0) is 9.47 Å². The van der Waals surface area contributed by atoms with Gasteiger partial charge < -0.3 is 29.0 Å². The third-order valence-electron chi connectivity index (χ3n) is 8.26. The topological polar surface area (TPSA) is 104 Å². The maximum absolute atomic E-state index is 15.5. The minimum Gasteiger partial charge on any atom is -0.434 e. The Morgan fingerprint density at radius 2 is 1.76 bits per heavy atom. The summed E-state index contributed by atoms with van der Waals surface area (Å²) in [4.78, 5) is 28.8. The molecule has 0 unspecified atom stereocenters. The summed E-state index contributed by atoms with van der Waals surface area (Å²) in [7, 11) is 0. The van der Waals surface area contributed by atoms with Crippen molar-refractivity contribution < 1.29 is 32.2 Å². The van der Waals surface area contributed by atoms with Crippen LogP contribution in [-0.4, -0.2) is 70.5 Å². The number of amides is 1. The Morgan fingerprint density at radius 3 is 2.46 bits per heavy atom. The third-order valence-corrected chi connectivity index (χ3v) is 8.26. The number of hydrogen-bond acceptors (Lipinski definition) is 8. The first-order valence-corrected chi connectivity index (χ1v) is 13.3. The lowest BCUT2D eigenvalue weighted by atomic mass is 9.97. The summed E-state index contributed by atoms with van der Waals surface area (Å²) in [6, 6.07) is 6.56. The van der Waals surface area contributed by atoms with Crippen molar-refractivity contribution >= 4 is 22.9 Å². The first-order valence-electron chi connectivity index (χ1n) is 13.3. The predicted octanol–water partition coefficient (Wildman–Crippen LogP) is 3.62. The molecular formula is C28H23F3N6O4. The predicted molar refractivity (Wildman–Crippen MR) is 138 cm³/mol. The van der Waals surface area contributed by atoms with Gasteiger partial charge in [-0.15, -0.1) is 0 Å². The molecule has 0 spiro atoms. The Balaban J connectivity index is 1.21. The highest BCUT2D eigenvalue weighted by Gasteiger charge is 2.42. The first-order chi connectivity index (χ1) is 20.0. The van der Waals surface area contributed by atoms with Crippen molar-refractivity contribution in [2.45, 2.75) is 37.2 Å². The van der Waals surface area contributed by atoms with Gasteiger partial charge in [0.15, 0.2) is 0 Å². The van der Waals surface area contributed by atoms with Crippen LogP contribution in [0, 0.1) is 5.82 Å². The number of anilines is 1. The Bertz CT molecular complexity index is 1670. The molecule has 1 amide bonds. The summed E-state index contributed by atoms with van der Waals surface area (Å²) in [6.45, 7) is -0.967. The monoisotopic (exact) mass is 564 g/mol. The number of hydrogen-bond donors (Lipinski definition) is 1. The molecule has 2 aromatic heterocycles. The standard InChI is InChI=1S/C28H23F3N6O4/c29-18-5-19-21(4-17(18)13-7-32-28(33-8-13)36-14-9-39-11-15(36)12-40-10-14)37-22-6-20(25(37)34-19)35-26(38)16-2-1-3-23(24(16)22)41-27(30)31/h1-5,7-8,14-15,20,22,27H,6,9-12H2,(H,35,38)/t14-,15+,20-,22-/m1/s1. The fourth-order valence-electron chi connectivity index (χ4n) is 6.57. The zero-order chi connectivity index (χ0) is 27.8. The number of aromatic nitrogens is 4. The van der Waals surface area contributed by atoms with Crippen LogP contribution in [0.15, 0.2) is 42.7 Å². The highest BCUT2D eigenvalue weighted by atomic mass is 19.3. The number of nitrogens with zero attached hydrogens (tertiary/aromatic N) is 5. The van der Waals surface area contributed by atoms with E-state index in [1.165, 1.54) is 18.2 Å². The van der Waals surface area contributed by atoms with Crippen molar-refractivity contribution in [2.75, 3.05) is 31.3 Å². The molecule has 0 saturated carbocycles. The maximum Gasteiger partial charge on any atom is 0.387 e. The fraction of sp³-hybridized carbons (Fsp3) is 0.357.